The van der Waals surface area contributed by atoms with E-state index in [9.17, 15) is 0 Å². The van der Waals surface area contributed by atoms with Crippen molar-refractivity contribution in [1.29, 1.82) is 5.41 Å². The fourth-order valence-electron chi connectivity index (χ4n) is 2.17. The van der Waals surface area contributed by atoms with Crippen molar-refractivity contribution in [3.05, 3.63) is 51.7 Å². The van der Waals surface area contributed by atoms with E-state index in [2.05, 4.69) is 10.2 Å². The number of anilines is 1. The van der Waals surface area contributed by atoms with Crippen LogP contribution in [-0.4, -0.2) is 23.1 Å². The molecule has 1 heterocycles. The van der Waals surface area contributed by atoms with Crippen molar-refractivity contribution in [1.82, 2.24) is 10.2 Å². The second-order valence-corrected chi connectivity index (χ2v) is 5.45. The lowest BCUT2D eigenvalue weighted by molar-refractivity contribution is 0.847. The highest BCUT2D eigenvalue weighted by molar-refractivity contribution is 6.30. The lowest BCUT2D eigenvalue weighted by Gasteiger charge is -2.22. The number of benzene rings is 1. The summed E-state index contributed by atoms with van der Waals surface area (Å²) in [7, 11) is 1.89. The van der Waals surface area contributed by atoms with Crippen LogP contribution in [0.15, 0.2) is 24.3 Å². The Hall–Kier alpha value is -2.14. The van der Waals surface area contributed by atoms with Gasteiger partial charge in [-0.1, -0.05) is 23.7 Å². The SMILES string of the molecule is Cc1nnc(N(C)Cc2cccc(Cl)c2)c(C(=N)N)c1C. The summed E-state index contributed by atoms with van der Waals surface area (Å²) in [5.74, 6) is 0.601. The average molecular weight is 304 g/mol. The highest BCUT2D eigenvalue weighted by atomic mass is 35.5. The number of aromatic nitrogens is 2. The first-order chi connectivity index (χ1) is 9.90. The topological polar surface area (TPSA) is 78.9 Å². The van der Waals surface area contributed by atoms with Gasteiger partial charge in [0.25, 0.3) is 0 Å². The molecule has 21 heavy (non-hydrogen) atoms. The molecule has 1 aromatic heterocycles. The molecule has 0 saturated heterocycles. The van der Waals surface area contributed by atoms with Crippen LogP contribution in [0, 0.1) is 19.3 Å². The van der Waals surface area contributed by atoms with Gasteiger partial charge in [-0.15, -0.1) is 5.10 Å². The van der Waals surface area contributed by atoms with Crippen LogP contribution in [0.1, 0.15) is 22.4 Å². The van der Waals surface area contributed by atoms with E-state index in [0.717, 1.165) is 16.8 Å². The summed E-state index contributed by atoms with van der Waals surface area (Å²) in [6, 6.07) is 7.63. The Kier molecular flexibility index (Phi) is 4.43. The number of aryl methyl sites for hydroxylation is 1. The van der Waals surface area contributed by atoms with Crippen LogP contribution >= 0.6 is 11.6 Å². The quantitative estimate of drug-likeness (QED) is 0.672. The van der Waals surface area contributed by atoms with E-state index in [0.29, 0.717) is 22.9 Å². The van der Waals surface area contributed by atoms with Crippen LogP contribution < -0.4 is 10.6 Å². The zero-order chi connectivity index (χ0) is 15.6. The minimum Gasteiger partial charge on any atom is -0.384 e. The molecule has 0 aliphatic carbocycles. The number of hydrogen-bond acceptors (Lipinski definition) is 4. The molecule has 0 bridgehead atoms. The maximum absolute atomic E-state index is 7.78. The zero-order valence-corrected chi connectivity index (χ0v) is 13.1. The molecule has 0 atom stereocenters. The predicted octanol–water partition coefficient (Wildman–Crippen LogP) is 2.67. The predicted molar refractivity (Wildman–Crippen MR) is 86.1 cm³/mol. The van der Waals surface area contributed by atoms with E-state index in [-0.39, 0.29) is 5.84 Å². The summed E-state index contributed by atoms with van der Waals surface area (Å²) in [5.41, 5.74) is 9.05. The van der Waals surface area contributed by atoms with Crippen molar-refractivity contribution in [3.8, 4) is 0 Å². The molecule has 5 nitrogen and oxygen atoms in total. The van der Waals surface area contributed by atoms with Gasteiger partial charge in [0.05, 0.1) is 11.3 Å². The first kappa shape index (κ1) is 15.3. The first-order valence-electron chi connectivity index (χ1n) is 6.54. The van der Waals surface area contributed by atoms with Gasteiger partial charge in [0.15, 0.2) is 5.82 Å². The van der Waals surface area contributed by atoms with E-state index in [1.165, 1.54) is 0 Å². The summed E-state index contributed by atoms with van der Waals surface area (Å²) >= 11 is 6.00. The third-order valence-corrected chi connectivity index (χ3v) is 3.61. The molecule has 0 saturated carbocycles. The number of nitrogens with zero attached hydrogens (tertiary/aromatic N) is 3. The molecule has 0 fully saturated rings. The van der Waals surface area contributed by atoms with E-state index in [4.69, 9.17) is 22.7 Å². The van der Waals surface area contributed by atoms with Crippen LogP contribution in [0.5, 0.6) is 0 Å². The number of hydrogen-bond donors (Lipinski definition) is 2. The van der Waals surface area contributed by atoms with E-state index >= 15 is 0 Å². The minimum absolute atomic E-state index is 0.00144. The Bertz CT molecular complexity index is 684. The van der Waals surface area contributed by atoms with Gasteiger partial charge in [-0.05, 0) is 37.1 Å². The third-order valence-electron chi connectivity index (χ3n) is 3.38. The van der Waals surface area contributed by atoms with Crippen molar-refractivity contribution in [2.24, 2.45) is 5.73 Å². The highest BCUT2D eigenvalue weighted by Crippen LogP contribution is 2.22. The van der Waals surface area contributed by atoms with Crippen LogP contribution in [0.4, 0.5) is 5.82 Å². The van der Waals surface area contributed by atoms with E-state index in [1.807, 2.05) is 50.1 Å². The second-order valence-electron chi connectivity index (χ2n) is 5.01. The Balaban J connectivity index is 2.37. The summed E-state index contributed by atoms with van der Waals surface area (Å²) in [4.78, 5) is 1.92. The van der Waals surface area contributed by atoms with Gasteiger partial charge in [-0.2, -0.15) is 5.10 Å². The molecule has 2 rings (SSSR count). The summed E-state index contributed by atoms with van der Waals surface area (Å²) < 4.78 is 0. The maximum atomic E-state index is 7.78. The van der Waals surface area contributed by atoms with Crippen LogP contribution in [0.3, 0.4) is 0 Å². The Morgan fingerprint density at radius 2 is 2.05 bits per heavy atom. The van der Waals surface area contributed by atoms with Crippen LogP contribution in [-0.2, 0) is 6.54 Å². The maximum Gasteiger partial charge on any atom is 0.162 e. The number of amidine groups is 1. The largest absolute Gasteiger partial charge is 0.384 e. The molecule has 0 aliphatic rings. The monoisotopic (exact) mass is 303 g/mol. The fourth-order valence-corrected chi connectivity index (χ4v) is 2.38. The zero-order valence-electron chi connectivity index (χ0n) is 12.3. The normalized spacial score (nSPS) is 10.5. The Labute approximate surface area is 129 Å². The van der Waals surface area contributed by atoms with E-state index < -0.39 is 0 Å². The second kappa shape index (κ2) is 6.10. The number of rotatable bonds is 4. The summed E-state index contributed by atoms with van der Waals surface area (Å²) in [5, 5.41) is 16.8. The van der Waals surface area contributed by atoms with Crippen molar-refractivity contribution in [2.45, 2.75) is 20.4 Å². The lowest BCUT2D eigenvalue weighted by atomic mass is 10.1. The van der Waals surface area contributed by atoms with Gasteiger partial charge < -0.3 is 10.6 Å². The molecule has 0 unspecified atom stereocenters. The van der Waals surface area contributed by atoms with Gasteiger partial charge in [0.2, 0.25) is 0 Å². The fraction of sp³-hybridized carbons (Fsp3) is 0.267. The minimum atomic E-state index is -0.00144. The summed E-state index contributed by atoms with van der Waals surface area (Å²) in [6.07, 6.45) is 0. The summed E-state index contributed by atoms with van der Waals surface area (Å²) in [6.45, 7) is 4.37. The number of halogens is 1. The Morgan fingerprint density at radius 3 is 2.67 bits per heavy atom. The molecule has 0 aliphatic heterocycles. The van der Waals surface area contributed by atoms with Crippen molar-refractivity contribution >= 4 is 23.3 Å². The highest BCUT2D eigenvalue weighted by Gasteiger charge is 2.17. The number of nitrogen functional groups attached to an aromatic ring is 1. The smallest absolute Gasteiger partial charge is 0.162 e. The molecule has 0 spiro atoms. The molecule has 110 valence electrons. The average Bonchev–Trinajstić information content (AvgIpc) is 2.41. The molecule has 0 amide bonds. The van der Waals surface area contributed by atoms with Gasteiger partial charge >= 0.3 is 0 Å². The van der Waals surface area contributed by atoms with E-state index in [1.54, 1.807) is 0 Å². The standard InChI is InChI=1S/C15H18ClN5/c1-9-10(2)19-20-15(13(9)14(17)18)21(3)8-11-5-4-6-12(16)7-11/h4-7H,8H2,1-3H3,(H3,17,18). The molecule has 6 heteroatoms. The first-order valence-corrected chi connectivity index (χ1v) is 6.91. The molecule has 3 N–H and O–H groups in total. The van der Waals surface area contributed by atoms with Crippen LogP contribution in [0.25, 0.3) is 0 Å². The van der Waals surface area contributed by atoms with Crippen molar-refractivity contribution in [3.63, 3.8) is 0 Å². The number of nitrogens with one attached hydrogen (secondary N) is 1. The molecule has 1 aromatic carbocycles. The van der Waals surface area contributed by atoms with Crippen molar-refractivity contribution in [2.75, 3.05) is 11.9 Å². The van der Waals surface area contributed by atoms with Gasteiger partial charge in [-0.3, -0.25) is 5.41 Å². The molecular formula is C15H18ClN5. The Morgan fingerprint density at radius 1 is 1.33 bits per heavy atom. The molecule has 0 radical (unpaired) electrons. The van der Waals surface area contributed by atoms with Gasteiger partial charge in [0.1, 0.15) is 5.84 Å². The lowest BCUT2D eigenvalue weighted by Crippen LogP contribution is -2.25. The van der Waals surface area contributed by atoms with Crippen molar-refractivity contribution < 1.29 is 0 Å². The molecule has 2 aromatic rings. The third kappa shape index (κ3) is 3.31. The number of nitrogens with two attached hydrogens (primary N) is 1. The molecular weight excluding hydrogens is 286 g/mol. The van der Waals surface area contributed by atoms with Gasteiger partial charge in [-0.25, -0.2) is 0 Å². The van der Waals surface area contributed by atoms with Gasteiger partial charge in [0, 0.05) is 18.6 Å². The van der Waals surface area contributed by atoms with Crippen LogP contribution in [0.2, 0.25) is 5.02 Å².